The van der Waals surface area contributed by atoms with Crippen LogP contribution in [0.3, 0.4) is 0 Å². The van der Waals surface area contributed by atoms with Gasteiger partial charge in [0.05, 0.1) is 12.2 Å². The Morgan fingerprint density at radius 3 is 1.93 bits per heavy atom. The van der Waals surface area contributed by atoms with Crippen molar-refractivity contribution >= 4 is 0 Å². The fraction of sp³-hybridized carbons (Fsp3) is 1.00. The third kappa shape index (κ3) is 2.08. The van der Waals surface area contributed by atoms with Crippen molar-refractivity contribution < 1.29 is 4.74 Å². The Morgan fingerprint density at radius 2 is 1.40 bits per heavy atom. The third-order valence-corrected chi connectivity index (χ3v) is 5.22. The molecule has 3 fully saturated rings. The molecular formula is C14H24O. The third-order valence-electron chi connectivity index (χ3n) is 5.22. The van der Waals surface area contributed by atoms with Gasteiger partial charge in [-0.15, -0.1) is 0 Å². The monoisotopic (exact) mass is 208 g/mol. The van der Waals surface area contributed by atoms with Crippen LogP contribution in [0.2, 0.25) is 0 Å². The molecule has 1 saturated heterocycles. The SMILES string of the molecule is CC1CCC(C2CCC3(CC2)CO3)CC1. The molecule has 0 amide bonds. The van der Waals surface area contributed by atoms with Crippen LogP contribution in [-0.2, 0) is 4.74 Å². The quantitative estimate of drug-likeness (QED) is 0.598. The van der Waals surface area contributed by atoms with Crippen molar-refractivity contribution in [3.63, 3.8) is 0 Å². The van der Waals surface area contributed by atoms with Crippen LogP contribution < -0.4 is 0 Å². The second-order valence-corrected chi connectivity index (χ2v) is 6.33. The molecule has 0 atom stereocenters. The Labute approximate surface area is 93.6 Å². The molecule has 1 spiro atoms. The van der Waals surface area contributed by atoms with Crippen molar-refractivity contribution in [2.45, 2.75) is 63.9 Å². The van der Waals surface area contributed by atoms with E-state index in [2.05, 4.69) is 6.92 Å². The van der Waals surface area contributed by atoms with E-state index >= 15 is 0 Å². The molecule has 1 heteroatoms. The highest BCUT2D eigenvalue weighted by molar-refractivity contribution is 4.97. The van der Waals surface area contributed by atoms with Gasteiger partial charge in [0.2, 0.25) is 0 Å². The minimum atomic E-state index is 0.401. The van der Waals surface area contributed by atoms with Crippen LogP contribution in [0.5, 0.6) is 0 Å². The summed E-state index contributed by atoms with van der Waals surface area (Å²) in [5.74, 6) is 3.12. The molecule has 2 saturated carbocycles. The summed E-state index contributed by atoms with van der Waals surface area (Å²) in [5.41, 5.74) is 0.401. The van der Waals surface area contributed by atoms with E-state index < -0.39 is 0 Å². The average Bonchev–Trinajstić information content (AvgIpc) is 3.01. The van der Waals surface area contributed by atoms with Crippen LogP contribution in [0.1, 0.15) is 58.3 Å². The van der Waals surface area contributed by atoms with Gasteiger partial charge in [0.1, 0.15) is 0 Å². The van der Waals surface area contributed by atoms with Crippen LogP contribution in [0.25, 0.3) is 0 Å². The smallest absolute Gasteiger partial charge is 0.0916 e. The first kappa shape index (κ1) is 10.1. The zero-order valence-electron chi connectivity index (χ0n) is 10.0. The zero-order chi connectivity index (χ0) is 10.3. The lowest BCUT2D eigenvalue weighted by molar-refractivity contribution is 0.128. The molecule has 3 rings (SSSR count). The maximum absolute atomic E-state index is 5.59. The summed E-state index contributed by atoms with van der Waals surface area (Å²) in [6.07, 6.45) is 11.6. The van der Waals surface area contributed by atoms with E-state index in [1.807, 2.05) is 0 Å². The molecule has 86 valence electrons. The van der Waals surface area contributed by atoms with E-state index in [9.17, 15) is 0 Å². The molecule has 0 aromatic carbocycles. The predicted octanol–water partition coefficient (Wildman–Crippen LogP) is 3.77. The highest BCUT2D eigenvalue weighted by Crippen LogP contribution is 2.48. The fourth-order valence-electron chi connectivity index (χ4n) is 3.79. The van der Waals surface area contributed by atoms with E-state index in [4.69, 9.17) is 4.74 Å². The van der Waals surface area contributed by atoms with Crippen LogP contribution >= 0.6 is 0 Å². The minimum Gasteiger partial charge on any atom is -0.370 e. The molecule has 0 aromatic heterocycles. The van der Waals surface area contributed by atoms with Crippen molar-refractivity contribution in [2.75, 3.05) is 6.61 Å². The summed E-state index contributed by atoms with van der Waals surface area (Å²) >= 11 is 0. The lowest BCUT2D eigenvalue weighted by atomic mass is 9.69. The Morgan fingerprint density at radius 1 is 0.867 bits per heavy atom. The van der Waals surface area contributed by atoms with Crippen molar-refractivity contribution in [1.82, 2.24) is 0 Å². The maximum Gasteiger partial charge on any atom is 0.0916 e. The highest BCUT2D eigenvalue weighted by atomic mass is 16.6. The summed E-state index contributed by atoms with van der Waals surface area (Å²) in [4.78, 5) is 0. The van der Waals surface area contributed by atoms with Crippen molar-refractivity contribution in [1.29, 1.82) is 0 Å². The van der Waals surface area contributed by atoms with Gasteiger partial charge in [0.15, 0.2) is 0 Å². The van der Waals surface area contributed by atoms with E-state index in [-0.39, 0.29) is 0 Å². The molecule has 0 radical (unpaired) electrons. The van der Waals surface area contributed by atoms with E-state index in [0.717, 1.165) is 24.4 Å². The average molecular weight is 208 g/mol. The molecule has 0 N–H and O–H groups in total. The molecule has 3 aliphatic rings. The second-order valence-electron chi connectivity index (χ2n) is 6.33. The van der Waals surface area contributed by atoms with Crippen LogP contribution in [0.15, 0.2) is 0 Å². The lowest BCUT2D eigenvalue weighted by Crippen LogP contribution is -2.28. The standard InChI is InChI=1S/C14H24O/c1-11-2-4-12(5-3-11)13-6-8-14(9-7-13)10-15-14/h11-13H,2-10H2,1H3. The van der Waals surface area contributed by atoms with Crippen LogP contribution in [0, 0.1) is 17.8 Å². The van der Waals surface area contributed by atoms with Gasteiger partial charge in [-0.3, -0.25) is 0 Å². The minimum absolute atomic E-state index is 0.401. The van der Waals surface area contributed by atoms with Gasteiger partial charge in [-0.1, -0.05) is 19.8 Å². The summed E-state index contributed by atoms with van der Waals surface area (Å²) in [6, 6.07) is 0. The summed E-state index contributed by atoms with van der Waals surface area (Å²) in [6.45, 7) is 3.49. The van der Waals surface area contributed by atoms with Gasteiger partial charge in [0.25, 0.3) is 0 Å². The lowest BCUT2D eigenvalue weighted by Gasteiger charge is -2.36. The Bertz CT molecular complexity index is 213. The topological polar surface area (TPSA) is 12.5 Å². The van der Waals surface area contributed by atoms with Gasteiger partial charge in [-0.25, -0.2) is 0 Å². The summed E-state index contributed by atoms with van der Waals surface area (Å²) in [7, 11) is 0. The van der Waals surface area contributed by atoms with Crippen LogP contribution in [-0.4, -0.2) is 12.2 Å². The van der Waals surface area contributed by atoms with Gasteiger partial charge in [-0.2, -0.15) is 0 Å². The molecular weight excluding hydrogens is 184 g/mol. The molecule has 1 nitrogen and oxygen atoms in total. The number of epoxide rings is 1. The summed E-state index contributed by atoms with van der Waals surface area (Å²) < 4.78 is 5.59. The Kier molecular flexibility index (Phi) is 2.54. The molecule has 0 bridgehead atoms. The van der Waals surface area contributed by atoms with Crippen molar-refractivity contribution in [3.05, 3.63) is 0 Å². The van der Waals surface area contributed by atoms with Gasteiger partial charge < -0.3 is 4.74 Å². The first-order chi connectivity index (χ1) is 7.27. The van der Waals surface area contributed by atoms with E-state index in [1.54, 1.807) is 0 Å². The van der Waals surface area contributed by atoms with Gasteiger partial charge in [-0.05, 0) is 56.3 Å². The molecule has 15 heavy (non-hydrogen) atoms. The molecule has 0 unspecified atom stereocenters. The number of hydrogen-bond donors (Lipinski definition) is 0. The molecule has 1 aliphatic heterocycles. The first-order valence-electron chi connectivity index (χ1n) is 6.91. The number of rotatable bonds is 1. The number of hydrogen-bond acceptors (Lipinski definition) is 1. The molecule has 1 heterocycles. The molecule has 2 aliphatic carbocycles. The Balaban J connectivity index is 1.51. The Hall–Kier alpha value is -0.0400. The first-order valence-corrected chi connectivity index (χ1v) is 6.91. The van der Waals surface area contributed by atoms with Crippen molar-refractivity contribution in [2.24, 2.45) is 17.8 Å². The number of ether oxygens (including phenoxy) is 1. The predicted molar refractivity (Wildman–Crippen MR) is 61.8 cm³/mol. The fourth-order valence-corrected chi connectivity index (χ4v) is 3.79. The second kappa shape index (κ2) is 3.76. The normalized spacial score (nSPS) is 50.6. The van der Waals surface area contributed by atoms with Gasteiger partial charge in [0, 0.05) is 0 Å². The molecule has 0 aromatic rings. The summed E-state index contributed by atoms with van der Waals surface area (Å²) in [5, 5.41) is 0. The van der Waals surface area contributed by atoms with Gasteiger partial charge >= 0.3 is 0 Å². The van der Waals surface area contributed by atoms with Crippen molar-refractivity contribution in [3.8, 4) is 0 Å². The van der Waals surface area contributed by atoms with Crippen LogP contribution in [0.4, 0.5) is 0 Å². The van der Waals surface area contributed by atoms with E-state index in [1.165, 1.54) is 51.4 Å². The van der Waals surface area contributed by atoms with E-state index in [0.29, 0.717) is 5.60 Å². The maximum atomic E-state index is 5.59. The highest BCUT2D eigenvalue weighted by Gasteiger charge is 2.47. The largest absolute Gasteiger partial charge is 0.370 e. The zero-order valence-corrected chi connectivity index (χ0v) is 10.0.